The van der Waals surface area contributed by atoms with Crippen molar-refractivity contribution in [3.63, 3.8) is 0 Å². The van der Waals surface area contributed by atoms with Crippen molar-refractivity contribution in [3.05, 3.63) is 41.5 Å². The molecule has 32 heavy (non-hydrogen) atoms. The lowest BCUT2D eigenvalue weighted by Gasteiger charge is -2.19. The normalized spacial score (nSPS) is 14.8. The van der Waals surface area contributed by atoms with E-state index in [1.165, 1.54) is 24.8 Å². The molecule has 1 aliphatic heterocycles. The van der Waals surface area contributed by atoms with Crippen LogP contribution in [0.2, 0.25) is 0 Å². The Kier molecular flexibility index (Phi) is 11.3. The van der Waals surface area contributed by atoms with Crippen molar-refractivity contribution in [3.8, 4) is 5.75 Å². The van der Waals surface area contributed by atoms with Crippen molar-refractivity contribution in [2.24, 2.45) is 10.9 Å². The summed E-state index contributed by atoms with van der Waals surface area (Å²) >= 11 is 0. The lowest BCUT2D eigenvalue weighted by molar-refractivity contribution is 0.271. The van der Waals surface area contributed by atoms with Crippen LogP contribution in [-0.2, 0) is 19.4 Å². The largest absolute Gasteiger partial charge is 0.493 e. The molecular formula is C24H39IN6O. The molecule has 1 atom stereocenters. The van der Waals surface area contributed by atoms with Gasteiger partial charge in [0.25, 0.3) is 0 Å². The molecule has 0 saturated carbocycles. The maximum atomic E-state index is 5.79. The van der Waals surface area contributed by atoms with E-state index in [0.29, 0.717) is 12.5 Å². The summed E-state index contributed by atoms with van der Waals surface area (Å²) in [5, 5.41) is 15.7. The van der Waals surface area contributed by atoms with Crippen LogP contribution < -0.4 is 15.4 Å². The van der Waals surface area contributed by atoms with Gasteiger partial charge in [0.1, 0.15) is 17.4 Å². The molecule has 0 radical (unpaired) electrons. The second kappa shape index (κ2) is 13.6. The number of fused-ring (bicyclic) bond motifs is 1. The number of rotatable bonds is 9. The van der Waals surface area contributed by atoms with Crippen LogP contribution in [0.3, 0.4) is 0 Å². The van der Waals surface area contributed by atoms with Gasteiger partial charge in [-0.05, 0) is 50.3 Å². The molecule has 0 amide bonds. The number of guanidine groups is 1. The molecule has 2 aromatic rings. The van der Waals surface area contributed by atoms with Crippen LogP contribution >= 0.6 is 24.0 Å². The van der Waals surface area contributed by atoms with Gasteiger partial charge in [-0.25, -0.2) is 0 Å². The Balaban J connectivity index is 0.00000363. The Morgan fingerprint density at radius 1 is 1.12 bits per heavy atom. The zero-order valence-electron chi connectivity index (χ0n) is 19.9. The Labute approximate surface area is 209 Å². The second-order valence-electron chi connectivity index (χ2n) is 8.65. The van der Waals surface area contributed by atoms with Gasteiger partial charge in [-0.1, -0.05) is 32.4 Å². The van der Waals surface area contributed by atoms with Crippen molar-refractivity contribution < 1.29 is 4.74 Å². The third-order valence-corrected chi connectivity index (χ3v) is 5.45. The Morgan fingerprint density at radius 3 is 2.62 bits per heavy atom. The molecule has 2 N–H and O–H groups in total. The fraction of sp³-hybridized carbons (Fsp3) is 0.625. The molecule has 1 aromatic carbocycles. The van der Waals surface area contributed by atoms with E-state index in [1.807, 2.05) is 12.1 Å². The molecule has 3 rings (SSSR count). The SMILES string of the molecule is CCNC(=NCCc1nnc2n1CCCCC2)NC(C)c1ccc(OCC(C)C)cc1.I. The quantitative estimate of drug-likeness (QED) is 0.271. The predicted octanol–water partition coefficient (Wildman–Crippen LogP) is 4.52. The van der Waals surface area contributed by atoms with Gasteiger partial charge in [-0.15, -0.1) is 34.2 Å². The number of nitrogens with zero attached hydrogens (tertiary/aromatic N) is 4. The summed E-state index contributed by atoms with van der Waals surface area (Å²) in [5.74, 6) is 4.45. The second-order valence-corrected chi connectivity index (χ2v) is 8.65. The molecule has 0 fully saturated rings. The molecule has 1 aromatic heterocycles. The average Bonchev–Trinajstić information content (AvgIpc) is 2.98. The summed E-state index contributed by atoms with van der Waals surface area (Å²) in [6.45, 7) is 11.8. The predicted molar refractivity (Wildman–Crippen MR) is 141 cm³/mol. The van der Waals surface area contributed by atoms with E-state index in [-0.39, 0.29) is 30.0 Å². The highest BCUT2D eigenvalue weighted by atomic mass is 127. The molecule has 7 nitrogen and oxygen atoms in total. The first-order chi connectivity index (χ1) is 15.1. The number of aliphatic imine (C=N–C) groups is 1. The first kappa shape index (κ1) is 26.4. The van der Waals surface area contributed by atoms with Crippen molar-refractivity contribution in [1.82, 2.24) is 25.4 Å². The van der Waals surface area contributed by atoms with E-state index >= 15 is 0 Å². The first-order valence-electron chi connectivity index (χ1n) is 11.8. The number of aryl methyl sites for hydroxylation is 1. The fourth-order valence-corrected chi connectivity index (χ4v) is 3.72. The van der Waals surface area contributed by atoms with E-state index in [2.05, 4.69) is 65.2 Å². The number of nitrogens with one attached hydrogen (secondary N) is 2. The van der Waals surface area contributed by atoms with Gasteiger partial charge < -0.3 is 19.9 Å². The van der Waals surface area contributed by atoms with Crippen LogP contribution in [0.15, 0.2) is 29.3 Å². The molecule has 1 unspecified atom stereocenters. The third kappa shape index (κ3) is 7.94. The maximum absolute atomic E-state index is 5.79. The fourth-order valence-electron chi connectivity index (χ4n) is 3.72. The highest BCUT2D eigenvalue weighted by Crippen LogP contribution is 2.18. The summed E-state index contributed by atoms with van der Waals surface area (Å²) in [4.78, 5) is 4.78. The molecule has 1 aliphatic rings. The van der Waals surface area contributed by atoms with Crippen molar-refractivity contribution in [1.29, 1.82) is 0 Å². The zero-order valence-corrected chi connectivity index (χ0v) is 22.3. The van der Waals surface area contributed by atoms with E-state index in [4.69, 9.17) is 9.73 Å². The van der Waals surface area contributed by atoms with E-state index in [9.17, 15) is 0 Å². The molecule has 2 heterocycles. The minimum atomic E-state index is 0. The van der Waals surface area contributed by atoms with Gasteiger partial charge in [0, 0.05) is 32.5 Å². The highest BCUT2D eigenvalue weighted by molar-refractivity contribution is 14.0. The minimum Gasteiger partial charge on any atom is -0.493 e. The van der Waals surface area contributed by atoms with Crippen LogP contribution in [0, 0.1) is 5.92 Å². The molecule has 0 saturated heterocycles. The monoisotopic (exact) mass is 554 g/mol. The number of aromatic nitrogens is 3. The van der Waals surface area contributed by atoms with Crippen LogP contribution in [0.1, 0.15) is 70.2 Å². The number of halogens is 1. The third-order valence-electron chi connectivity index (χ3n) is 5.45. The molecule has 8 heteroatoms. The summed E-state index contributed by atoms with van der Waals surface area (Å²) < 4.78 is 8.09. The zero-order chi connectivity index (χ0) is 22.1. The lowest BCUT2D eigenvalue weighted by atomic mass is 10.1. The minimum absolute atomic E-state index is 0. The van der Waals surface area contributed by atoms with Gasteiger partial charge in [0.2, 0.25) is 0 Å². The number of hydrogen-bond donors (Lipinski definition) is 2. The molecule has 0 aliphatic carbocycles. The molecule has 0 bridgehead atoms. The topological polar surface area (TPSA) is 76.4 Å². The maximum Gasteiger partial charge on any atom is 0.191 e. The molecule has 0 spiro atoms. The van der Waals surface area contributed by atoms with Crippen molar-refractivity contribution in [2.45, 2.75) is 72.4 Å². The first-order valence-corrected chi connectivity index (χ1v) is 11.8. The van der Waals surface area contributed by atoms with Crippen LogP contribution in [0.5, 0.6) is 5.75 Å². The summed E-state index contributed by atoms with van der Waals surface area (Å²) in [6.07, 6.45) is 5.55. The summed E-state index contributed by atoms with van der Waals surface area (Å²) in [5.41, 5.74) is 1.20. The lowest BCUT2D eigenvalue weighted by Crippen LogP contribution is -2.38. The van der Waals surface area contributed by atoms with Crippen LogP contribution in [0.4, 0.5) is 0 Å². The van der Waals surface area contributed by atoms with E-state index < -0.39 is 0 Å². The standard InChI is InChI=1S/C24H38N6O.HI/c1-5-25-24(26-15-14-23-29-28-22-9-7-6-8-16-30(22)23)27-19(4)20-10-12-21(13-11-20)31-17-18(2)3;/h10-13,18-19H,5-9,14-17H2,1-4H3,(H2,25,26,27);1H. The van der Waals surface area contributed by atoms with E-state index in [0.717, 1.165) is 55.9 Å². The van der Waals surface area contributed by atoms with Crippen molar-refractivity contribution in [2.75, 3.05) is 19.7 Å². The van der Waals surface area contributed by atoms with E-state index in [1.54, 1.807) is 0 Å². The highest BCUT2D eigenvalue weighted by Gasteiger charge is 2.14. The number of hydrogen-bond acceptors (Lipinski definition) is 4. The van der Waals surface area contributed by atoms with Gasteiger partial charge in [0.15, 0.2) is 5.96 Å². The van der Waals surface area contributed by atoms with Gasteiger partial charge in [0.05, 0.1) is 12.6 Å². The molecular weight excluding hydrogens is 515 g/mol. The Bertz CT molecular complexity index is 834. The van der Waals surface area contributed by atoms with Gasteiger partial charge >= 0.3 is 0 Å². The Morgan fingerprint density at radius 2 is 1.91 bits per heavy atom. The van der Waals surface area contributed by atoms with Crippen molar-refractivity contribution >= 4 is 29.9 Å². The summed E-state index contributed by atoms with van der Waals surface area (Å²) in [6, 6.07) is 8.44. The molecule has 178 valence electrons. The van der Waals surface area contributed by atoms with Crippen LogP contribution in [0.25, 0.3) is 0 Å². The summed E-state index contributed by atoms with van der Waals surface area (Å²) in [7, 11) is 0. The number of ether oxygens (including phenoxy) is 1. The Hall–Kier alpha value is -1.84. The average molecular weight is 555 g/mol. The number of benzene rings is 1. The van der Waals surface area contributed by atoms with Gasteiger partial charge in [-0.2, -0.15) is 0 Å². The van der Waals surface area contributed by atoms with Gasteiger partial charge in [-0.3, -0.25) is 4.99 Å². The van der Waals surface area contributed by atoms with Crippen LogP contribution in [-0.4, -0.2) is 40.4 Å². The smallest absolute Gasteiger partial charge is 0.191 e.